The van der Waals surface area contributed by atoms with Crippen LogP contribution >= 0.6 is 15.9 Å². The van der Waals surface area contributed by atoms with Gasteiger partial charge in [0, 0.05) is 17.8 Å². The number of carbonyl (C=O) groups excluding carboxylic acids is 1. The molecule has 0 bridgehead atoms. The molecule has 0 saturated carbocycles. The van der Waals surface area contributed by atoms with Gasteiger partial charge in [0.15, 0.2) is 11.5 Å². The van der Waals surface area contributed by atoms with E-state index in [1.807, 2.05) is 6.07 Å². The topological polar surface area (TPSA) is 152 Å². The van der Waals surface area contributed by atoms with Crippen molar-refractivity contribution in [3.8, 4) is 17.6 Å². The van der Waals surface area contributed by atoms with Gasteiger partial charge in [-0.2, -0.15) is 5.26 Å². The van der Waals surface area contributed by atoms with Gasteiger partial charge < -0.3 is 19.9 Å². The molecule has 0 heterocycles. The lowest BCUT2D eigenvalue weighted by molar-refractivity contribution is -0.384. The van der Waals surface area contributed by atoms with Gasteiger partial charge in [0.05, 0.1) is 22.1 Å². The minimum atomic E-state index is -1.09. The number of benzene rings is 3. The highest BCUT2D eigenvalue weighted by Gasteiger charge is 2.15. The van der Waals surface area contributed by atoms with E-state index in [4.69, 9.17) is 14.6 Å². The molecule has 1 amide bonds. The van der Waals surface area contributed by atoms with Crippen molar-refractivity contribution in [3.05, 3.63) is 97.5 Å². The molecular formula is C25H18BrN3O7. The summed E-state index contributed by atoms with van der Waals surface area (Å²) >= 11 is 3.41. The zero-order valence-corrected chi connectivity index (χ0v) is 20.3. The highest BCUT2D eigenvalue weighted by Crippen LogP contribution is 2.38. The van der Waals surface area contributed by atoms with Crippen molar-refractivity contribution in [1.82, 2.24) is 0 Å². The third kappa shape index (κ3) is 6.46. The quantitative estimate of drug-likeness (QED) is 0.159. The average Bonchev–Trinajstić information content (AvgIpc) is 2.86. The monoisotopic (exact) mass is 551 g/mol. The fourth-order valence-corrected chi connectivity index (χ4v) is 3.62. The summed E-state index contributed by atoms with van der Waals surface area (Å²) in [6.07, 6.45) is 1.37. The lowest BCUT2D eigenvalue weighted by Crippen LogP contribution is -2.13. The molecular weight excluding hydrogens is 534 g/mol. The van der Waals surface area contributed by atoms with E-state index in [9.17, 15) is 25.0 Å². The predicted octanol–water partition coefficient (Wildman–Crippen LogP) is 5.19. The number of nitriles is 1. The molecule has 3 aromatic rings. The fourth-order valence-electron chi connectivity index (χ4n) is 3.04. The number of carboxylic acids is 1. The maximum atomic E-state index is 12.6. The molecule has 36 heavy (non-hydrogen) atoms. The number of aromatic carboxylic acids is 1. The van der Waals surface area contributed by atoms with Gasteiger partial charge in [0.2, 0.25) is 0 Å². The highest BCUT2D eigenvalue weighted by atomic mass is 79.9. The summed E-state index contributed by atoms with van der Waals surface area (Å²) in [4.78, 5) is 33.8. The molecule has 0 atom stereocenters. The van der Waals surface area contributed by atoms with Gasteiger partial charge in [-0.15, -0.1) is 0 Å². The van der Waals surface area contributed by atoms with E-state index in [1.165, 1.54) is 49.6 Å². The number of nitrogens with zero attached hydrogens (tertiary/aromatic N) is 2. The minimum Gasteiger partial charge on any atom is -0.493 e. The molecule has 10 nitrogen and oxygen atoms in total. The lowest BCUT2D eigenvalue weighted by atomic mass is 10.1. The Balaban J connectivity index is 1.77. The van der Waals surface area contributed by atoms with Crippen molar-refractivity contribution >= 4 is 45.3 Å². The Labute approximate surface area is 213 Å². The van der Waals surface area contributed by atoms with E-state index in [0.29, 0.717) is 32.8 Å². The van der Waals surface area contributed by atoms with Gasteiger partial charge in [-0.25, -0.2) is 4.79 Å². The van der Waals surface area contributed by atoms with Crippen LogP contribution in [-0.4, -0.2) is 29.0 Å². The summed E-state index contributed by atoms with van der Waals surface area (Å²) in [5, 5.41) is 31.8. The van der Waals surface area contributed by atoms with Crippen LogP contribution in [0.15, 0.2) is 70.7 Å². The van der Waals surface area contributed by atoms with Crippen LogP contribution in [0.4, 0.5) is 11.4 Å². The number of anilines is 1. The molecule has 0 radical (unpaired) electrons. The van der Waals surface area contributed by atoms with Crippen molar-refractivity contribution in [1.29, 1.82) is 5.26 Å². The van der Waals surface area contributed by atoms with Gasteiger partial charge >= 0.3 is 5.97 Å². The molecule has 11 heteroatoms. The van der Waals surface area contributed by atoms with Crippen molar-refractivity contribution in [2.45, 2.75) is 6.61 Å². The van der Waals surface area contributed by atoms with Gasteiger partial charge in [0.1, 0.15) is 18.2 Å². The molecule has 0 saturated heterocycles. The number of rotatable bonds is 9. The first-order valence-electron chi connectivity index (χ1n) is 10.2. The van der Waals surface area contributed by atoms with Crippen molar-refractivity contribution in [2.75, 3.05) is 12.4 Å². The highest BCUT2D eigenvalue weighted by molar-refractivity contribution is 9.10. The number of non-ortho nitro benzene ring substituents is 1. The summed E-state index contributed by atoms with van der Waals surface area (Å²) in [6, 6.07) is 16.5. The van der Waals surface area contributed by atoms with E-state index in [0.717, 1.165) is 0 Å². The summed E-state index contributed by atoms with van der Waals surface area (Å²) in [5.41, 5.74) is 1.37. The maximum absolute atomic E-state index is 12.6. The second-order valence-electron chi connectivity index (χ2n) is 7.25. The number of nitrogens with one attached hydrogen (secondary N) is 1. The molecule has 0 fully saturated rings. The van der Waals surface area contributed by atoms with Crippen molar-refractivity contribution in [2.24, 2.45) is 0 Å². The molecule has 0 aliphatic heterocycles. The molecule has 0 unspecified atom stereocenters. The Morgan fingerprint density at radius 1 is 1.17 bits per heavy atom. The molecule has 0 aliphatic carbocycles. The van der Waals surface area contributed by atoms with E-state index in [-0.39, 0.29) is 23.4 Å². The van der Waals surface area contributed by atoms with Gasteiger partial charge in [0.25, 0.3) is 11.6 Å². The zero-order valence-electron chi connectivity index (χ0n) is 18.7. The molecule has 3 rings (SSSR count). The first-order chi connectivity index (χ1) is 17.2. The number of halogens is 1. The SMILES string of the molecule is COc1cc(/C=C(\C#N)C(=O)Nc2ccc(C(=O)O)cc2)cc(Br)c1OCc1ccc([N+](=O)[O-])cc1. The Bertz CT molecular complexity index is 1380. The van der Waals surface area contributed by atoms with E-state index in [1.54, 1.807) is 24.3 Å². The number of carbonyl (C=O) groups is 2. The molecule has 0 spiro atoms. The van der Waals surface area contributed by atoms with Crippen LogP contribution in [0.25, 0.3) is 6.08 Å². The smallest absolute Gasteiger partial charge is 0.335 e. The van der Waals surface area contributed by atoms with Gasteiger partial charge in [-0.1, -0.05) is 0 Å². The summed E-state index contributed by atoms with van der Waals surface area (Å²) in [7, 11) is 1.44. The van der Waals surface area contributed by atoms with Gasteiger partial charge in [-0.3, -0.25) is 14.9 Å². The zero-order chi connectivity index (χ0) is 26.2. The van der Waals surface area contributed by atoms with Crippen LogP contribution in [-0.2, 0) is 11.4 Å². The van der Waals surface area contributed by atoms with Crippen LogP contribution in [0.3, 0.4) is 0 Å². The summed E-state index contributed by atoms with van der Waals surface area (Å²) in [6.45, 7) is 0.120. The number of carboxylic acid groups (broad SMARTS) is 1. The fraction of sp³-hybridized carbons (Fsp3) is 0.0800. The van der Waals surface area contributed by atoms with Crippen LogP contribution in [0.5, 0.6) is 11.5 Å². The maximum Gasteiger partial charge on any atom is 0.335 e. The van der Waals surface area contributed by atoms with E-state index >= 15 is 0 Å². The average molecular weight is 552 g/mol. The van der Waals surface area contributed by atoms with Crippen molar-refractivity contribution in [3.63, 3.8) is 0 Å². The van der Waals surface area contributed by atoms with E-state index in [2.05, 4.69) is 21.2 Å². The largest absolute Gasteiger partial charge is 0.493 e. The van der Waals surface area contributed by atoms with Crippen LogP contribution < -0.4 is 14.8 Å². The predicted molar refractivity (Wildman–Crippen MR) is 134 cm³/mol. The van der Waals surface area contributed by atoms with Crippen LogP contribution in [0.1, 0.15) is 21.5 Å². The Hall–Kier alpha value is -4.69. The lowest BCUT2D eigenvalue weighted by Gasteiger charge is -2.14. The van der Waals surface area contributed by atoms with Crippen LogP contribution in [0, 0.1) is 21.4 Å². The standard InChI is InChI=1S/C25H18BrN3O7/c1-35-22-12-16(10-18(13-27)24(30)28-19-6-4-17(5-7-19)25(31)32)11-21(26)23(22)36-14-15-2-8-20(9-3-15)29(33)34/h2-12H,14H2,1H3,(H,28,30)(H,31,32)/b18-10+. The second-order valence-corrected chi connectivity index (χ2v) is 8.11. The third-order valence-corrected chi connectivity index (χ3v) is 5.44. The molecule has 3 aromatic carbocycles. The number of nitro benzene ring substituents is 1. The van der Waals surface area contributed by atoms with Gasteiger partial charge in [-0.05, 0) is 81.7 Å². The first-order valence-corrected chi connectivity index (χ1v) is 11.0. The number of ether oxygens (including phenoxy) is 2. The number of hydrogen-bond acceptors (Lipinski definition) is 7. The summed E-state index contributed by atoms with van der Waals surface area (Å²) < 4.78 is 11.7. The number of methoxy groups -OCH3 is 1. The number of amides is 1. The molecule has 2 N–H and O–H groups in total. The molecule has 0 aromatic heterocycles. The molecule has 182 valence electrons. The van der Waals surface area contributed by atoms with Crippen LogP contribution in [0.2, 0.25) is 0 Å². The van der Waals surface area contributed by atoms with E-state index < -0.39 is 16.8 Å². The summed E-state index contributed by atoms with van der Waals surface area (Å²) in [5.74, 6) is -1.06. The Kier molecular flexibility index (Phi) is 8.38. The Morgan fingerprint density at radius 2 is 1.83 bits per heavy atom. The third-order valence-electron chi connectivity index (χ3n) is 4.85. The second kappa shape index (κ2) is 11.6. The first kappa shape index (κ1) is 25.9. The van der Waals surface area contributed by atoms with Crippen molar-refractivity contribution < 1.29 is 29.1 Å². The normalized spacial score (nSPS) is 10.8. The number of nitro groups is 1. The molecule has 0 aliphatic rings. The number of hydrogen-bond donors (Lipinski definition) is 2. The Morgan fingerprint density at radius 3 is 2.39 bits per heavy atom. The minimum absolute atomic E-state index is 0.0248.